The van der Waals surface area contributed by atoms with E-state index in [4.69, 9.17) is 0 Å². The summed E-state index contributed by atoms with van der Waals surface area (Å²) in [4.78, 5) is 48.5. The Morgan fingerprint density at radius 2 is 1.86 bits per heavy atom. The lowest BCUT2D eigenvalue weighted by Gasteiger charge is -2.20. The highest BCUT2D eigenvalue weighted by molar-refractivity contribution is 7.89. The number of carboxylic acids is 1. The molecule has 4 N–H and O–H groups in total. The monoisotopic (exact) mass is 546 g/mol. The van der Waals surface area contributed by atoms with Crippen LogP contribution in [0.15, 0.2) is 64.3 Å². The van der Waals surface area contributed by atoms with Crippen LogP contribution in [0.1, 0.15) is 37.2 Å². The molecular formula is C24H26N4O7S2. The third-order valence-electron chi connectivity index (χ3n) is 5.53. The predicted octanol–water partition coefficient (Wildman–Crippen LogP) is 1.89. The van der Waals surface area contributed by atoms with E-state index < -0.39 is 33.9 Å². The summed E-state index contributed by atoms with van der Waals surface area (Å²) in [5, 5.41) is 11.7. The fraction of sp³-hybridized carbons (Fsp3) is 0.292. The van der Waals surface area contributed by atoms with Crippen LogP contribution in [-0.2, 0) is 24.4 Å². The van der Waals surface area contributed by atoms with E-state index in [0.29, 0.717) is 36.7 Å². The summed E-state index contributed by atoms with van der Waals surface area (Å²) in [6.45, 7) is 0.117. The van der Waals surface area contributed by atoms with Crippen LogP contribution in [0, 0.1) is 0 Å². The number of carbonyl (C=O) groups is 3. The Morgan fingerprint density at radius 1 is 1.11 bits per heavy atom. The number of aldehydes is 1. The number of rotatable bonds is 14. The van der Waals surface area contributed by atoms with Gasteiger partial charge in [-0.1, -0.05) is 48.9 Å². The number of hydrogen-bond acceptors (Lipinski definition) is 8. The highest BCUT2D eigenvalue weighted by Crippen LogP contribution is 2.23. The Bertz CT molecular complexity index is 1390. The SMILES string of the molecule is O=CC[C@H](NC(=O)C(CCCCNS(=O)(=O)c1cccc(-c2nsc(=O)[nH]2)c1)c1ccccc1)C(=O)O. The number of H-pyrrole nitrogens is 1. The van der Waals surface area contributed by atoms with Crippen molar-refractivity contribution < 1.29 is 27.9 Å². The number of aromatic amines is 1. The van der Waals surface area contributed by atoms with Crippen molar-refractivity contribution in [2.45, 2.75) is 42.5 Å². The fourth-order valence-electron chi connectivity index (χ4n) is 3.65. The number of unbranched alkanes of at least 4 members (excludes halogenated alkanes) is 1. The maximum absolute atomic E-state index is 12.9. The van der Waals surface area contributed by atoms with E-state index in [-0.39, 0.29) is 28.6 Å². The zero-order valence-corrected chi connectivity index (χ0v) is 21.3. The van der Waals surface area contributed by atoms with Gasteiger partial charge in [-0.2, -0.15) is 4.37 Å². The Kier molecular flexibility index (Phi) is 9.83. The summed E-state index contributed by atoms with van der Waals surface area (Å²) in [7, 11) is -3.83. The van der Waals surface area contributed by atoms with Crippen LogP contribution in [0.5, 0.6) is 0 Å². The summed E-state index contributed by atoms with van der Waals surface area (Å²) in [6.07, 6.45) is 1.34. The molecule has 13 heteroatoms. The lowest BCUT2D eigenvalue weighted by Crippen LogP contribution is -2.43. The average molecular weight is 547 g/mol. The molecule has 0 spiro atoms. The molecule has 0 fully saturated rings. The maximum atomic E-state index is 12.9. The van der Waals surface area contributed by atoms with Gasteiger partial charge in [0.1, 0.15) is 12.3 Å². The van der Waals surface area contributed by atoms with Crippen LogP contribution in [0.4, 0.5) is 0 Å². The number of aromatic nitrogens is 2. The van der Waals surface area contributed by atoms with Crippen molar-refractivity contribution in [3.05, 3.63) is 69.8 Å². The van der Waals surface area contributed by atoms with Gasteiger partial charge in [-0.3, -0.25) is 14.6 Å². The van der Waals surface area contributed by atoms with Crippen LogP contribution in [0.3, 0.4) is 0 Å². The van der Waals surface area contributed by atoms with Crippen LogP contribution in [0.2, 0.25) is 0 Å². The molecule has 0 aliphatic rings. The molecule has 1 heterocycles. The van der Waals surface area contributed by atoms with Crippen molar-refractivity contribution in [2.24, 2.45) is 0 Å². The van der Waals surface area contributed by atoms with Gasteiger partial charge >= 0.3 is 10.8 Å². The van der Waals surface area contributed by atoms with Gasteiger partial charge in [0.2, 0.25) is 15.9 Å². The van der Waals surface area contributed by atoms with E-state index in [1.54, 1.807) is 42.5 Å². The first kappa shape index (κ1) is 27.9. The van der Waals surface area contributed by atoms with Crippen molar-refractivity contribution in [2.75, 3.05) is 6.54 Å². The highest BCUT2D eigenvalue weighted by atomic mass is 32.2. The van der Waals surface area contributed by atoms with Crippen molar-refractivity contribution in [3.63, 3.8) is 0 Å². The summed E-state index contributed by atoms with van der Waals surface area (Å²) in [6, 6.07) is 13.6. The standard InChI is InChI=1S/C24H26N4O7S2/c29-14-12-20(23(31)32)26-22(30)19(16-7-2-1-3-8-16)11-4-5-13-25-37(34,35)18-10-6-9-17(15-18)21-27-24(33)36-28-21/h1-3,6-10,14-15,19-20,25H,4-5,11-13H2,(H,26,30)(H,31,32)(H,27,28,33)/t19?,20-/m0/s1. The number of benzene rings is 2. The second kappa shape index (κ2) is 13.0. The Balaban J connectivity index is 1.59. The molecule has 2 atom stereocenters. The Labute approximate surface area is 217 Å². The summed E-state index contributed by atoms with van der Waals surface area (Å²) in [5.41, 5.74) is 1.15. The second-order valence-corrected chi connectivity index (χ2v) is 10.6. The maximum Gasteiger partial charge on any atom is 0.326 e. The zero-order chi connectivity index (χ0) is 26.8. The van der Waals surface area contributed by atoms with E-state index in [1.165, 1.54) is 12.1 Å². The van der Waals surface area contributed by atoms with Gasteiger partial charge in [-0.15, -0.1) is 0 Å². The van der Waals surface area contributed by atoms with E-state index >= 15 is 0 Å². The van der Waals surface area contributed by atoms with Crippen molar-refractivity contribution in [3.8, 4) is 11.4 Å². The van der Waals surface area contributed by atoms with E-state index in [1.807, 2.05) is 0 Å². The molecule has 0 aliphatic carbocycles. The first-order chi connectivity index (χ1) is 17.7. The van der Waals surface area contributed by atoms with Crippen LogP contribution >= 0.6 is 11.5 Å². The summed E-state index contributed by atoms with van der Waals surface area (Å²) >= 11 is 0.742. The lowest BCUT2D eigenvalue weighted by atomic mass is 9.92. The average Bonchev–Trinajstić information content (AvgIpc) is 3.32. The number of carbonyl (C=O) groups excluding carboxylic acids is 2. The molecule has 0 bridgehead atoms. The molecule has 0 radical (unpaired) electrons. The predicted molar refractivity (Wildman–Crippen MR) is 137 cm³/mol. The third-order valence-corrected chi connectivity index (χ3v) is 7.54. The molecular weight excluding hydrogens is 520 g/mol. The van der Waals surface area contributed by atoms with Gasteiger partial charge in [0, 0.05) is 30.1 Å². The fourth-order valence-corrected chi connectivity index (χ4v) is 5.24. The Morgan fingerprint density at radius 3 is 2.51 bits per heavy atom. The van der Waals surface area contributed by atoms with Gasteiger partial charge < -0.3 is 15.2 Å². The minimum atomic E-state index is -3.83. The second-order valence-electron chi connectivity index (χ2n) is 8.13. The molecule has 2 aromatic carbocycles. The van der Waals surface area contributed by atoms with Gasteiger partial charge in [-0.25, -0.2) is 17.9 Å². The number of carboxylic acid groups (broad SMARTS) is 1. The molecule has 0 saturated heterocycles. The lowest BCUT2D eigenvalue weighted by molar-refractivity contribution is -0.142. The molecule has 0 aliphatic heterocycles. The number of sulfonamides is 1. The number of aliphatic carboxylic acids is 1. The summed E-state index contributed by atoms with van der Waals surface area (Å²) in [5.74, 6) is -2.19. The molecule has 3 rings (SSSR count). The molecule has 11 nitrogen and oxygen atoms in total. The number of nitrogens with one attached hydrogen (secondary N) is 3. The molecule has 1 amide bonds. The smallest absolute Gasteiger partial charge is 0.326 e. The van der Waals surface area contributed by atoms with Gasteiger partial charge in [0.05, 0.1) is 10.8 Å². The summed E-state index contributed by atoms with van der Waals surface area (Å²) < 4.78 is 32.0. The molecule has 196 valence electrons. The van der Waals surface area contributed by atoms with Crippen molar-refractivity contribution in [1.29, 1.82) is 0 Å². The largest absolute Gasteiger partial charge is 0.480 e. The van der Waals surface area contributed by atoms with Crippen LogP contribution in [0.25, 0.3) is 11.4 Å². The van der Waals surface area contributed by atoms with Crippen LogP contribution < -0.4 is 14.9 Å². The molecule has 0 saturated carbocycles. The van der Waals surface area contributed by atoms with Crippen molar-refractivity contribution >= 4 is 39.7 Å². The molecule has 1 aromatic heterocycles. The van der Waals surface area contributed by atoms with E-state index in [2.05, 4.69) is 19.4 Å². The van der Waals surface area contributed by atoms with E-state index in [0.717, 1.165) is 11.5 Å². The minimum Gasteiger partial charge on any atom is -0.480 e. The molecule has 1 unspecified atom stereocenters. The molecule has 3 aromatic rings. The first-order valence-corrected chi connectivity index (χ1v) is 13.6. The Hall–Kier alpha value is -3.68. The first-order valence-electron chi connectivity index (χ1n) is 11.4. The molecule has 37 heavy (non-hydrogen) atoms. The number of nitrogens with zero attached hydrogens (tertiary/aromatic N) is 1. The normalized spacial score (nSPS) is 13.0. The van der Waals surface area contributed by atoms with Gasteiger partial charge in [-0.05, 0) is 30.5 Å². The van der Waals surface area contributed by atoms with Gasteiger partial charge in [0.25, 0.3) is 0 Å². The zero-order valence-electron chi connectivity index (χ0n) is 19.6. The number of amides is 1. The topological polar surface area (TPSA) is 175 Å². The van der Waals surface area contributed by atoms with Crippen molar-refractivity contribution in [1.82, 2.24) is 19.4 Å². The quantitative estimate of drug-likeness (QED) is 0.175. The third kappa shape index (κ3) is 7.90. The van der Waals surface area contributed by atoms with E-state index in [9.17, 15) is 32.7 Å². The highest BCUT2D eigenvalue weighted by Gasteiger charge is 2.26. The van der Waals surface area contributed by atoms with Crippen LogP contribution in [-0.4, -0.2) is 53.6 Å². The minimum absolute atomic E-state index is 0.0234. The number of hydrogen-bond donors (Lipinski definition) is 4. The van der Waals surface area contributed by atoms with Gasteiger partial charge in [0.15, 0.2) is 5.82 Å².